The van der Waals surface area contributed by atoms with Gasteiger partial charge in [-0.15, -0.1) is 6.58 Å². The van der Waals surface area contributed by atoms with Gasteiger partial charge in [0.2, 0.25) is 0 Å². The number of carbonyl (C=O) groups excluding carboxylic acids is 1. The van der Waals surface area contributed by atoms with Gasteiger partial charge >= 0.3 is 5.97 Å². The lowest BCUT2D eigenvalue weighted by Crippen LogP contribution is -2.40. The van der Waals surface area contributed by atoms with Crippen molar-refractivity contribution in [2.24, 2.45) is 4.99 Å². The highest BCUT2D eigenvalue weighted by molar-refractivity contribution is 7.07. The summed E-state index contributed by atoms with van der Waals surface area (Å²) in [4.78, 5) is 32.5. The first-order valence-corrected chi connectivity index (χ1v) is 13.8. The molecule has 1 aliphatic rings. The Morgan fingerprint density at radius 1 is 1.12 bits per heavy atom. The first-order valence-electron chi connectivity index (χ1n) is 12.9. The van der Waals surface area contributed by atoms with Crippen LogP contribution in [0.3, 0.4) is 0 Å². The van der Waals surface area contributed by atoms with E-state index in [0.717, 1.165) is 22.2 Å². The minimum Gasteiger partial charge on any atom is -0.493 e. The third kappa shape index (κ3) is 4.46. The molecule has 1 atom stereocenters. The molecular weight excluding hydrogens is 526 g/mol. The van der Waals surface area contributed by atoms with Crippen LogP contribution in [0.1, 0.15) is 36.7 Å². The van der Waals surface area contributed by atoms with E-state index in [9.17, 15) is 9.59 Å². The maximum absolute atomic E-state index is 14.1. The topological polar surface area (TPSA) is 84.0 Å². The highest BCUT2D eigenvalue weighted by Gasteiger charge is 2.34. The summed E-state index contributed by atoms with van der Waals surface area (Å²) in [5, 5.41) is 1.05. The Bertz CT molecular complexity index is 1860. The fraction of sp³-hybridized carbons (Fsp3) is 0.258. The van der Waals surface area contributed by atoms with E-state index in [1.807, 2.05) is 37.3 Å². The summed E-state index contributed by atoms with van der Waals surface area (Å²) >= 11 is 1.30. The van der Waals surface area contributed by atoms with Gasteiger partial charge in [-0.05, 0) is 50.6 Å². The van der Waals surface area contributed by atoms with Crippen molar-refractivity contribution in [1.82, 2.24) is 9.13 Å². The minimum absolute atomic E-state index is 0.201. The number of fused-ring (bicyclic) bond motifs is 2. The molecule has 2 aromatic heterocycles. The zero-order valence-corrected chi connectivity index (χ0v) is 24.0. The predicted molar refractivity (Wildman–Crippen MR) is 157 cm³/mol. The Hall–Kier alpha value is -4.37. The van der Waals surface area contributed by atoms with Gasteiger partial charge in [0.15, 0.2) is 16.3 Å². The van der Waals surface area contributed by atoms with Crippen molar-refractivity contribution in [3.05, 3.63) is 103 Å². The second kappa shape index (κ2) is 11.0. The van der Waals surface area contributed by atoms with Crippen molar-refractivity contribution >= 4 is 34.3 Å². The van der Waals surface area contributed by atoms with Gasteiger partial charge in [-0.3, -0.25) is 9.36 Å². The summed E-state index contributed by atoms with van der Waals surface area (Å²) in [7, 11) is 3.11. The lowest BCUT2D eigenvalue weighted by atomic mass is 9.95. The standard InChI is InChI=1S/C31H31N3O5S/c1-7-15-33-19(4)22(21-11-9-10-12-23(21)33)17-26-29(35)34-28(20-13-14-24(37-5)25(16-20)38-6)27(30(36)39-8-2)18(3)32-31(34)40-26/h7,9-14,16-17,28H,1,8,15H2,2-6H3/b26-17+. The average molecular weight is 558 g/mol. The van der Waals surface area contributed by atoms with E-state index < -0.39 is 12.0 Å². The molecule has 206 valence electrons. The van der Waals surface area contributed by atoms with Gasteiger partial charge in [-0.2, -0.15) is 0 Å². The van der Waals surface area contributed by atoms with Crippen molar-refractivity contribution < 1.29 is 19.0 Å². The molecule has 0 aliphatic carbocycles. The van der Waals surface area contributed by atoms with Gasteiger partial charge in [0, 0.05) is 28.7 Å². The maximum atomic E-state index is 14.1. The van der Waals surface area contributed by atoms with Crippen LogP contribution in [0.4, 0.5) is 0 Å². The molecule has 40 heavy (non-hydrogen) atoms. The van der Waals surface area contributed by atoms with Crippen LogP contribution in [0.25, 0.3) is 17.0 Å². The molecule has 0 N–H and O–H groups in total. The number of aromatic nitrogens is 2. The number of carbonyl (C=O) groups is 1. The van der Waals surface area contributed by atoms with Gasteiger partial charge < -0.3 is 18.8 Å². The number of esters is 1. The Morgan fingerprint density at radius 3 is 2.58 bits per heavy atom. The van der Waals surface area contributed by atoms with E-state index in [-0.39, 0.29) is 12.2 Å². The molecule has 0 bridgehead atoms. The number of para-hydroxylation sites is 1. The summed E-state index contributed by atoms with van der Waals surface area (Å²) in [6, 6.07) is 12.7. The quantitative estimate of drug-likeness (QED) is 0.239. The van der Waals surface area contributed by atoms with Crippen molar-refractivity contribution in [3.8, 4) is 11.5 Å². The molecular formula is C31H31N3O5S. The normalized spacial score (nSPS) is 15.1. The Labute approximate surface area is 235 Å². The SMILES string of the molecule is C=CCn1c(C)c(/C=c2/sc3n(c2=O)C(c2ccc(OC)c(OC)c2)C(C(=O)OCC)=C(C)N=3)c2ccccc21. The van der Waals surface area contributed by atoms with Crippen LogP contribution in [0.5, 0.6) is 11.5 Å². The number of ether oxygens (including phenoxy) is 3. The molecule has 0 saturated heterocycles. The van der Waals surface area contributed by atoms with Crippen LogP contribution in [-0.2, 0) is 16.1 Å². The number of thiazole rings is 1. The minimum atomic E-state index is -0.750. The van der Waals surface area contributed by atoms with Gasteiger partial charge in [0.25, 0.3) is 5.56 Å². The molecule has 3 heterocycles. The summed E-state index contributed by atoms with van der Waals surface area (Å²) in [5.41, 5.74) is 4.33. The third-order valence-corrected chi connectivity index (χ3v) is 8.09. The number of nitrogens with zero attached hydrogens (tertiary/aromatic N) is 3. The highest BCUT2D eigenvalue weighted by atomic mass is 32.1. The van der Waals surface area contributed by atoms with E-state index in [0.29, 0.717) is 44.2 Å². The van der Waals surface area contributed by atoms with Gasteiger partial charge in [-0.1, -0.05) is 41.7 Å². The maximum Gasteiger partial charge on any atom is 0.338 e. The lowest BCUT2D eigenvalue weighted by molar-refractivity contribution is -0.139. The summed E-state index contributed by atoms with van der Waals surface area (Å²) < 4.78 is 20.6. The molecule has 1 aliphatic heterocycles. The Morgan fingerprint density at radius 2 is 1.88 bits per heavy atom. The molecule has 2 aromatic carbocycles. The molecule has 4 aromatic rings. The number of allylic oxidation sites excluding steroid dienone is 2. The van der Waals surface area contributed by atoms with Gasteiger partial charge in [-0.25, -0.2) is 9.79 Å². The fourth-order valence-corrected chi connectivity index (χ4v) is 6.29. The molecule has 0 spiro atoms. The zero-order chi connectivity index (χ0) is 28.6. The lowest BCUT2D eigenvalue weighted by Gasteiger charge is -2.25. The molecule has 9 heteroatoms. The van der Waals surface area contributed by atoms with Crippen LogP contribution >= 0.6 is 11.3 Å². The van der Waals surface area contributed by atoms with Crippen molar-refractivity contribution in [2.75, 3.05) is 20.8 Å². The van der Waals surface area contributed by atoms with E-state index in [1.54, 1.807) is 44.8 Å². The van der Waals surface area contributed by atoms with Crippen LogP contribution in [-0.4, -0.2) is 35.9 Å². The van der Waals surface area contributed by atoms with Crippen LogP contribution < -0.4 is 24.4 Å². The van der Waals surface area contributed by atoms with Crippen molar-refractivity contribution in [2.45, 2.75) is 33.4 Å². The fourth-order valence-electron chi connectivity index (χ4n) is 5.27. The van der Waals surface area contributed by atoms with Gasteiger partial charge in [0.05, 0.1) is 42.7 Å². The number of rotatable bonds is 8. The first kappa shape index (κ1) is 27.2. The molecule has 0 saturated carbocycles. The summed E-state index contributed by atoms with van der Waals surface area (Å²) in [6.07, 6.45) is 3.79. The first-order chi connectivity index (χ1) is 19.3. The van der Waals surface area contributed by atoms with Crippen molar-refractivity contribution in [1.29, 1.82) is 0 Å². The van der Waals surface area contributed by atoms with E-state index >= 15 is 0 Å². The van der Waals surface area contributed by atoms with E-state index in [2.05, 4.69) is 23.3 Å². The van der Waals surface area contributed by atoms with Crippen LogP contribution in [0.2, 0.25) is 0 Å². The molecule has 5 rings (SSSR count). The van der Waals surface area contributed by atoms with Crippen molar-refractivity contribution in [3.63, 3.8) is 0 Å². The van der Waals surface area contributed by atoms with Crippen LogP contribution in [0.15, 0.2) is 76.2 Å². The molecule has 0 amide bonds. The largest absolute Gasteiger partial charge is 0.493 e. The van der Waals surface area contributed by atoms with E-state index in [4.69, 9.17) is 19.2 Å². The monoisotopic (exact) mass is 557 g/mol. The second-order valence-electron chi connectivity index (χ2n) is 9.33. The summed E-state index contributed by atoms with van der Waals surface area (Å²) in [6.45, 7) is 10.3. The zero-order valence-electron chi connectivity index (χ0n) is 23.2. The number of methoxy groups -OCH3 is 2. The smallest absolute Gasteiger partial charge is 0.338 e. The number of hydrogen-bond acceptors (Lipinski definition) is 7. The predicted octanol–water partition coefficient (Wildman–Crippen LogP) is 4.26. The number of hydrogen-bond donors (Lipinski definition) is 0. The van der Waals surface area contributed by atoms with E-state index in [1.165, 1.54) is 11.3 Å². The Kier molecular flexibility index (Phi) is 7.49. The highest BCUT2D eigenvalue weighted by Crippen LogP contribution is 2.36. The molecule has 0 fully saturated rings. The third-order valence-electron chi connectivity index (χ3n) is 7.11. The number of benzene rings is 2. The molecule has 8 nitrogen and oxygen atoms in total. The average Bonchev–Trinajstić information content (AvgIpc) is 3.40. The van der Waals surface area contributed by atoms with Gasteiger partial charge in [0.1, 0.15) is 0 Å². The van der Waals surface area contributed by atoms with Crippen LogP contribution in [0, 0.1) is 6.92 Å². The molecule has 1 unspecified atom stereocenters. The second-order valence-corrected chi connectivity index (χ2v) is 10.3. The molecule has 0 radical (unpaired) electrons. The Balaban J connectivity index is 1.78. The summed E-state index contributed by atoms with van der Waals surface area (Å²) in [5.74, 6) is 0.523.